The molecule has 1 saturated heterocycles. The molecule has 0 radical (unpaired) electrons. The van der Waals surface area contributed by atoms with E-state index in [0.29, 0.717) is 0 Å². The van der Waals surface area contributed by atoms with Gasteiger partial charge in [0.1, 0.15) is 0 Å². The van der Waals surface area contributed by atoms with Crippen molar-refractivity contribution in [1.29, 1.82) is 0 Å². The van der Waals surface area contributed by atoms with E-state index in [-0.39, 0.29) is 0 Å². The number of hydrogen-bond donors (Lipinski definition) is 1. The lowest BCUT2D eigenvalue weighted by Gasteiger charge is -2.20. The molecule has 0 spiro atoms. The smallest absolute Gasteiger partial charge is 0.225 e. The Kier molecular flexibility index (Phi) is 4.90. The summed E-state index contributed by atoms with van der Waals surface area (Å²) in [5.74, 6) is 0.832. The van der Waals surface area contributed by atoms with Crippen molar-refractivity contribution in [2.45, 2.75) is 26.8 Å². The van der Waals surface area contributed by atoms with E-state index in [1.54, 1.807) is 0 Å². The van der Waals surface area contributed by atoms with Gasteiger partial charge in [-0.05, 0) is 19.9 Å². The number of aryl methyl sites for hydroxylation is 1. The molecule has 2 rings (SSSR count). The molecule has 0 atom stereocenters. The second kappa shape index (κ2) is 6.66. The molecule has 100 valence electrons. The van der Waals surface area contributed by atoms with Crippen LogP contribution in [0, 0.1) is 6.92 Å². The van der Waals surface area contributed by atoms with Crippen molar-refractivity contribution in [2.75, 3.05) is 37.7 Å². The van der Waals surface area contributed by atoms with Gasteiger partial charge in [0.2, 0.25) is 5.95 Å². The van der Waals surface area contributed by atoms with Gasteiger partial charge in [-0.2, -0.15) is 0 Å². The SMILES string of the molecule is CCNCc1cnc(N2CCCOCC2)nc1C. The summed E-state index contributed by atoms with van der Waals surface area (Å²) < 4.78 is 5.45. The summed E-state index contributed by atoms with van der Waals surface area (Å²) in [6, 6.07) is 0. The average molecular weight is 250 g/mol. The van der Waals surface area contributed by atoms with Gasteiger partial charge in [0.15, 0.2) is 0 Å². The number of ether oxygens (including phenoxy) is 1. The van der Waals surface area contributed by atoms with Crippen molar-refractivity contribution >= 4 is 5.95 Å². The molecule has 0 amide bonds. The fourth-order valence-electron chi connectivity index (χ4n) is 2.01. The molecule has 1 aromatic heterocycles. The zero-order valence-corrected chi connectivity index (χ0v) is 11.3. The van der Waals surface area contributed by atoms with Crippen molar-refractivity contribution in [3.63, 3.8) is 0 Å². The Labute approximate surface area is 109 Å². The van der Waals surface area contributed by atoms with E-state index in [1.807, 2.05) is 13.1 Å². The maximum Gasteiger partial charge on any atom is 0.225 e. The Morgan fingerprint density at radius 1 is 1.39 bits per heavy atom. The number of anilines is 1. The Morgan fingerprint density at radius 2 is 2.28 bits per heavy atom. The van der Waals surface area contributed by atoms with Crippen LogP contribution >= 0.6 is 0 Å². The summed E-state index contributed by atoms with van der Waals surface area (Å²) in [4.78, 5) is 11.3. The topological polar surface area (TPSA) is 50.3 Å². The minimum absolute atomic E-state index is 0.765. The third-order valence-electron chi connectivity index (χ3n) is 3.14. The van der Waals surface area contributed by atoms with Gasteiger partial charge < -0.3 is 15.0 Å². The first-order valence-corrected chi connectivity index (χ1v) is 6.67. The fraction of sp³-hybridized carbons (Fsp3) is 0.692. The summed E-state index contributed by atoms with van der Waals surface area (Å²) in [6.07, 6.45) is 2.98. The maximum atomic E-state index is 5.45. The van der Waals surface area contributed by atoms with Crippen molar-refractivity contribution < 1.29 is 4.74 Å². The summed E-state index contributed by atoms with van der Waals surface area (Å²) in [5, 5.41) is 3.30. The highest BCUT2D eigenvalue weighted by molar-refractivity contribution is 5.33. The molecule has 1 aliphatic heterocycles. The molecule has 5 nitrogen and oxygen atoms in total. The highest BCUT2D eigenvalue weighted by Gasteiger charge is 2.13. The van der Waals surface area contributed by atoms with Crippen LogP contribution in [0.1, 0.15) is 24.6 Å². The summed E-state index contributed by atoms with van der Waals surface area (Å²) >= 11 is 0. The Hall–Kier alpha value is -1.20. The molecule has 5 heteroatoms. The minimum Gasteiger partial charge on any atom is -0.380 e. The van der Waals surface area contributed by atoms with Crippen molar-refractivity contribution in [3.8, 4) is 0 Å². The molecule has 0 aliphatic carbocycles. The molecule has 1 aliphatic rings. The molecular formula is C13H22N4O. The number of nitrogens with zero attached hydrogens (tertiary/aromatic N) is 3. The van der Waals surface area contributed by atoms with Gasteiger partial charge in [-0.25, -0.2) is 9.97 Å². The second-order valence-corrected chi connectivity index (χ2v) is 4.51. The van der Waals surface area contributed by atoms with E-state index in [9.17, 15) is 0 Å². The van der Waals surface area contributed by atoms with E-state index >= 15 is 0 Å². The van der Waals surface area contributed by atoms with E-state index in [1.165, 1.54) is 5.56 Å². The minimum atomic E-state index is 0.765. The summed E-state index contributed by atoms with van der Waals surface area (Å²) in [6.45, 7) is 9.41. The van der Waals surface area contributed by atoms with E-state index in [2.05, 4.69) is 27.1 Å². The highest BCUT2D eigenvalue weighted by atomic mass is 16.5. The van der Waals surface area contributed by atoms with Crippen LogP contribution in [0.2, 0.25) is 0 Å². The van der Waals surface area contributed by atoms with Crippen LogP contribution in [-0.4, -0.2) is 42.8 Å². The molecule has 0 saturated carbocycles. The first kappa shape index (κ1) is 13.2. The number of hydrogen-bond acceptors (Lipinski definition) is 5. The maximum absolute atomic E-state index is 5.45. The third-order valence-corrected chi connectivity index (χ3v) is 3.14. The monoisotopic (exact) mass is 250 g/mol. The first-order chi connectivity index (χ1) is 8.81. The Balaban J connectivity index is 2.06. The lowest BCUT2D eigenvalue weighted by atomic mass is 10.2. The molecule has 2 heterocycles. The van der Waals surface area contributed by atoms with Crippen LogP contribution in [0.5, 0.6) is 0 Å². The van der Waals surface area contributed by atoms with Gasteiger partial charge in [-0.15, -0.1) is 0 Å². The van der Waals surface area contributed by atoms with E-state index in [0.717, 1.165) is 57.5 Å². The Bertz CT molecular complexity index is 375. The van der Waals surface area contributed by atoms with Gasteiger partial charge >= 0.3 is 0 Å². The molecular weight excluding hydrogens is 228 g/mol. The third kappa shape index (κ3) is 3.40. The van der Waals surface area contributed by atoms with Gasteiger partial charge in [-0.1, -0.05) is 6.92 Å². The van der Waals surface area contributed by atoms with Gasteiger partial charge in [0.25, 0.3) is 0 Å². The van der Waals surface area contributed by atoms with Crippen LogP contribution in [0.25, 0.3) is 0 Å². The van der Waals surface area contributed by atoms with Crippen molar-refractivity contribution in [2.24, 2.45) is 0 Å². The van der Waals surface area contributed by atoms with Crippen LogP contribution in [-0.2, 0) is 11.3 Å². The van der Waals surface area contributed by atoms with Crippen molar-refractivity contribution in [3.05, 3.63) is 17.5 Å². The molecule has 18 heavy (non-hydrogen) atoms. The number of rotatable bonds is 4. The average Bonchev–Trinajstić information content (AvgIpc) is 2.66. The Morgan fingerprint density at radius 3 is 3.06 bits per heavy atom. The first-order valence-electron chi connectivity index (χ1n) is 6.67. The standard InChI is InChI=1S/C13H22N4O/c1-3-14-9-12-10-15-13(16-11(12)2)17-5-4-7-18-8-6-17/h10,14H,3-9H2,1-2H3. The van der Waals surface area contributed by atoms with Crippen LogP contribution < -0.4 is 10.2 Å². The normalized spacial score (nSPS) is 16.7. The molecule has 0 bridgehead atoms. The van der Waals surface area contributed by atoms with Gasteiger partial charge in [-0.3, -0.25) is 0 Å². The van der Waals surface area contributed by atoms with Gasteiger partial charge in [0.05, 0.1) is 6.61 Å². The zero-order valence-electron chi connectivity index (χ0n) is 11.3. The van der Waals surface area contributed by atoms with Crippen molar-refractivity contribution in [1.82, 2.24) is 15.3 Å². The molecule has 1 fully saturated rings. The van der Waals surface area contributed by atoms with E-state index < -0.39 is 0 Å². The fourth-order valence-corrected chi connectivity index (χ4v) is 2.01. The quantitative estimate of drug-likeness (QED) is 0.868. The number of aromatic nitrogens is 2. The van der Waals surface area contributed by atoms with Crippen LogP contribution in [0.3, 0.4) is 0 Å². The number of nitrogens with one attached hydrogen (secondary N) is 1. The van der Waals surface area contributed by atoms with Crippen LogP contribution in [0.4, 0.5) is 5.95 Å². The zero-order chi connectivity index (χ0) is 12.8. The highest BCUT2D eigenvalue weighted by Crippen LogP contribution is 2.13. The predicted molar refractivity (Wildman–Crippen MR) is 71.8 cm³/mol. The van der Waals surface area contributed by atoms with E-state index in [4.69, 9.17) is 4.74 Å². The lowest BCUT2D eigenvalue weighted by Crippen LogP contribution is -2.28. The second-order valence-electron chi connectivity index (χ2n) is 4.51. The molecule has 1 aromatic rings. The molecule has 1 N–H and O–H groups in total. The predicted octanol–water partition coefficient (Wildman–Crippen LogP) is 1.12. The summed E-state index contributed by atoms with van der Waals surface area (Å²) in [5.41, 5.74) is 2.23. The lowest BCUT2D eigenvalue weighted by molar-refractivity contribution is 0.152. The van der Waals surface area contributed by atoms with Crippen LogP contribution in [0.15, 0.2) is 6.20 Å². The molecule has 0 aromatic carbocycles. The summed E-state index contributed by atoms with van der Waals surface area (Å²) in [7, 11) is 0. The largest absolute Gasteiger partial charge is 0.380 e. The molecule has 0 unspecified atom stereocenters. The van der Waals surface area contributed by atoms with Gasteiger partial charge in [0, 0.05) is 43.7 Å².